The van der Waals surface area contributed by atoms with Crippen LogP contribution in [0.4, 0.5) is 0 Å². The summed E-state index contributed by atoms with van der Waals surface area (Å²) < 4.78 is 0. The predicted molar refractivity (Wildman–Crippen MR) is 127 cm³/mol. The van der Waals surface area contributed by atoms with Crippen molar-refractivity contribution in [2.75, 3.05) is 6.54 Å². The van der Waals surface area contributed by atoms with Gasteiger partial charge < -0.3 is 10.8 Å². The van der Waals surface area contributed by atoms with Crippen molar-refractivity contribution < 1.29 is 9.90 Å². The summed E-state index contributed by atoms with van der Waals surface area (Å²) in [5.41, 5.74) is 5.60. The van der Waals surface area contributed by atoms with Gasteiger partial charge in [0.1, 0.15) is 6.07 Å². The Kier molecular flexibility index (Phi) is 6.07. The second-order valence-corrected chi connectivity index (χ2v) is 12.3. The third-order valence-electron chi connectivity index (χ3n) is 10.4. The van der Waals surface area contributed by atoms with Crippen LogP contribution in [0.3, 0.4) is 0 Å². The topological polar surface area (TPSA) is 99.5 Å². The molecule has 0 aromatic carbocycles. The quantitative estimate of drug-likeness (QED) is 0.492. The molecule has 4 fully saturated rings. The first-order valence-corrected chi connectivity index (χ1v) is 12.6. The molecular weight excluding hydrogens is 398 g/mol. The Morgan fingerprint density at radius 2 is 1.91 bits per heavy atom. The van der Waals surface area contributed by atoms with Crippen LogP contribution in [0, 0.1) is 57.7 Å². The molecule has 176 valence electrons. The maximum atomic E-state index is 13.3. The van der Waals surface area contributed by atoms with Crippen LogP contribution in [0.25, 0.3) is 0 Å². The van der Waals surface area contributed by atoms with Gasteiger partial charge >= 0.3 is 0 Å². The van der Waals surface area contributed by atoms with E-state index in [4.69, 9.17) is 11.0 Å². The predicted octanol–water partition coefficient (Wildman–Crippen LogP) is 4.65. The summed E-state index contributed by atoms with van der Waals surface area (Å²) in [7, 11) is 0. The molecule has 1 unspecified atom stereocenters. The van der Waals surface area contributed by atoms with Crippen molar-refractivity contribution in [3.05, 3.63) is 11.8 Å². The Hall–Kier alpha value is -1.67. The third-order valence-corrected chi connectivity index (χ3v) is 10.4. The van der Waals surface area contributed by atoms with Crippen LogP contribution in [-0.2, 0) is 4.79 Å². The molecule has 0 heterocycles. The lowest BCUT2D eigenvalue weighted by molar-refractivity contribution is -0.150. The van der Waals surface area contributed by atoms with Gasteiger partial charge in [0.05, 0.1) is 17.7 Å². The molecule has 4 aliphatic rings. The van der Waals surface area contributed by atoms with Crippen LogP contribution in [0.15, 0.2) is 16.8 Å². The van der Waals surface area contributed by atoms with Crippen LogP contribution >= 0.6 is 0 Å². The smallest absolute Gasteiger partial charge is 0.158 e. The number of nitrogens with two attached hydrogens (primary N) is 1. The van der Waals surface area contributed by atoms with E-state index >= 15 is 0 Å². The Labute approximate surface area is 193 Å². The number of carbonyl (C=O) groups excluding carboxylic acids is 1. The standard InChI is InChI=1S/C27H41N3O2/c1-17-11-22-20-6-5-19-12-25(2,32)9-10-26(19,3)21(20)7-8-27(22,4)24(17)23(31)16-30-15-18(13-28)14-29/h13,15,17,19-22,24,32H,5-12,16,28H2,1-4H3/t17-,19+,20-,21+,22+,24?,25-,26+,27+/m1/s1. The van der Waals surface area contributed by atoms with Crippen molar-refractivity contribution in [3.8, 4) is 6.07 Å². The van der Waals surface area contributed by atoms with Crippen molar-refractivity contribution in [3.63, 3.8) is 0 Å². The van der Waals surface area contributed by atoms with Gasteiger partial charge in [-0.1, -0.05) is 20.8 Å². The zero-order valence-electron chi connectivity index (χ0n) is 20.3. The molecule has 0 aliphatic heterocycles. The Balaban J connectivity index is 1.52. The maximum Gasteiger partial charge on any atom is 0.158 e. The summed E-state index contributed by atoms with van der Waals surface area (Å²) in [5.74, 6) is 3.32. The van der Waals surface area contributed by atoms with Crippen molar-refractivity contribution in [2.24, 2.45) is 57.1 Å². The lowest BCUT2D eigenvalue weighted by atomic mass is 9.44. The van der Waals surface area contributed by atoms with E-state index in [9.17, 15) is 9.90 Å². The highest BCUT2D eigenvalue weighted by molar-refractivity contribution is 5.89. The number of nitrogens with zero attached hydrogens (tertiary/aromatic N) is 2. The Morgan fingerprint density at radius 1 is 1.16 bits per heavy atom. The minimum absolute atomic E-state index is 0.0515. The second-order valence-electron chi connectivity index (χ2n) is 12.3. The van der Waals surface area contributed by atoms with Gasteiger partial charge in [-0.3, -0.25) is 9.79 Å². The fourth-order valence-electron chi connectivity index (χ4n) is 8.92. The highest BCUT2D eigenvalue weighted by Crippen LogP contribution is 2.68. The number of ketones is 1. The number of carbonyl (C=O) groups is 1. The fraction of sp³-hybridized carbons (Fsp3) is 0.815. The second kappa shape index (κ2) is 8.28. The number of nitriles is 1. The largest absolute Gasteiger partial charge is 0.403 e. The van der Waals surface area contributed by atoms with Gasteiger partial charge in [-0.25, -0.2) is 0 Å². The maximum absolute atomic E-state index is 13.3. The number of hydrogen-bond acceptors (Lipinski definition) is 5. The van der Waals surface area contributed by atoms with E-state index in [0.717, 1.165) is 38.0 Å². The van der Waals surface area contributed by atoms with Crippen LogP contribution in [0.2, 0.25) is 0 Å². The first kappa shape index (κ1) is 23.5. The number of Topliss-reactive ketones (excluding diaryl/α,β-unsaturated/α-hetero) is 1. The van der Waals surface area contributed by atoms with E-state index in [-0.39, 0.29) is 23.7 Å². The first-order chi connectivity index (χ1) is 15.1. The highest BCUT2D eigenvalue weighted by atomic mass is 16.3. The molecule has 4 aliphatic carbocycles. The van der Waals surface area contributed by atoms with Gasteiger partial charge in [0.25, 0.3) is 0 Å². The van der Waals surface area contributed by atoms with E-state index in [1.165, 1.54) is 31.7 Å². The van der Waals surface area contributed by atoms with Crippen LogP contribution in [0.1, 0.15) is 79.1 Å². The van der Waals surface area contributed by atoms with Crippen molar-refractivity contribution in [2.45, 2.75) is 84.7 Å². The van der Waals surface area contributed by atoms with Gasteiger partial charge in [-0.2, -0.15) is 5.26 Å². The zero-order valence-corrected chi connectivity index (χ0v) is 20.3. The molecule has 0 spiro atoms. The molecule has 9 atom stereocenters. The molecule has 3 N–H and O–H groups in total. The van der Waals surface area contributed by atoms with E-state index in [0.29, 0.717) is 34.7 Å². The fourth-order valence-corrected chi connectivity index (χ4v) is 8.92. The summed E-state index contributed by atoms with van der Waals surface area (Å²) in [6.45, 7) is 9.32. The Bertz CT molecular complexity index is 855. The molecule has 0 aromatic rings. The third kappa shape index (κ3) is 3.73. The lowest BCUT2D eigenvalue weighted by Crippen LogP contribution is -2.55. The van der Waals surface area contributed by atoms with Gasteiger partial charge in [0, 0.05) is 18.3 Å². The van der Waals surface area contributed by atoms with E-state index in [2.05, 4.69) is 25.8 Å². The van der Waals surface area contributed by atoms with E-state index in [1.54, 1.807) is 0 Å². The minimum atomic E-state index is -0.495. The Morgan fingerprint density at radius 3 is 2.59 bits per heavy atom. The van der Waals surface area contributed by atoms with Gasteiger partial charge in [-0.05, 0) is 98.7 Å². The molecule has 32 heavy (non-hydrogen) atoms. The van der Waals surface area contributed by atoms with Crippen LogP contribution < -0.4 is 5.73 Å². The monoisotopic (exact) mass is 439 g/mol. The number of hydrogen-bond donors (Lipinski definition) is 2. The molecule has 0 aromatic heterocycles. The summed E-state index contributed by atoms with van der Waals surface area (Å²) >= 11 is 0. The number of allylic oxidation sites excluding steroid dienone is 1. The zero-order chi connectivity index (χ0) is 23.3. The lowest BCUT2D eigenvalue weighted by Gasteiger charge is -2.61. The summed E-state index contributed by atoms with van der Waals surface area (Å²) in [4.78, 5) is 17.6. The molecule has 0 amide bonds. The number of rotatable bonds is 4. The average molecular weight is 440 g/mol. The molecule has 0 radical (unpaired) electrons. The summed E-state index contributed by atoms with van der Waals surface area (Å²) in [6.07, 6.45) is 11.6. The normalized spacial score (nSPS) is 48.6. The van der Waals surface area contributed by atoms with Crippen molar-refractivity contribution in [1.29, 1.82) is 5.26 Å². The average Bonchev–Trinajstić information content (AvgIpc) is 3.01. The minimum Gasteiger partial charge on any atom is -0.403 e. The molecular formula is C27H41N3O2. The molecule has 4 rings (SSSR count). The molecule has 5 heteroatoms. The highest BCUT2D eigenvalue weighted by Gasteiger charge is 2.63. The first-order valence-electron chi connectivity index (χ1n) is 12.6. The van der Waals surface area contributed by atoms with Crippen LogP contribution in [-0.4, -0.2) is 29.3 Å². The van der Waals surface area contributed by atoms with Crippen molar-refractivity contribution in [1.82, 2.24) is 0 Å². The molecule has 0 saturated heterocycles. The van der Waals surface area contributed by atoms with Gasteiger partial charge in [0.15, 0.2) is 5.78 Å². The number of aliphatic hydroxyl groups is 1. The summed E-state index contributed by atoms with van der Waals surface area (Å²) in [5, 5.41) is 19.7. The SMILES string of the molecule is C[C@@H]1C[C@H]2[C@@H]3CC[C@H]4C[C@](C)(O)CC[C@]4(C)[C@H]3CC[C@]2(C)C1C(=O)CN=CC(C#N)=CN. The van der Waals surface area contributed by atoms with Gasteiger partial charge in [-0.15, -0.1) is 0 Å². The van der Waals surface area contributed by atoms with Gasteiger partial charge in [0.2, 0.25) is 0 Å². The molecule has 4 saturated carbocycles. The number of fused-ring (bicyclic) bond motifs is 5. The van der Waals surface area contributed by atoms with Crippen molar-refractivity contribution >= 4 is 12.0 Å². The molecule has 5 nitrogen and oxygen atoms in total. The van der Waals surface area contributed by atoms with E-state index in [1.807, 2.05) is 13.0 Å². The van der Waals surface area contributed by atoms with Crippen LogP contribution in [0.5, 0.6) is 0 Å². The molecule has 0 bridgehead atoms. The summed E-state index contributed by atoms with van der Waals surface area (Å²) in [6, 6.07) is 1.98. The van der Waals surface area contributed by atoms with E-state index < -0.39 is 5.60 Å². The number of aliphatic imine (C=N–C) groups is 1.